The molecule has 1 aromatic carbocycles. The van der Waals surface area contributed by atoms with Crippen molar-refractivity contribution >= 4 is 5.91 Å². The van der Waals surface area contributed by atoms with Gasteiger partial charge in [0, 0.05) is 44.7 Å². The Balaban J connectivity index is 1.34. The van der Waals surface area contributed by atoms with Crippen LogP contribution in [0.2, 0.25) is 0 Å². The number of hydrogen-bond donors (Lipinski definition) is 1. The van der Waals surface area contributed by atoms with E-state index in [1.165, 1.54) is 5.56 Å². The van der Waals surface area contributed by atoms with E-state index in [2.05, 4.69) is 27.4 Å². The Morgan fingerprint density at radius 2 is 2.00 bits per heavy atom. The van der Waals surface area contributed by atoms with Crippen molar-refractivity contribution in [1.29, 1.82) is 0 Å². The first-order valence-electron chi connectivity index (χ1n) is 9.44. The molecular weight excluding hydrogens is 350 g/mol. The number of aromatic nitrogens is 2. The molecule has 1 unspecified atom stereocenters. The lowest BCUT2D eigenvalue weighted by Crippen LogP contribution is -2.51. The van der Waals surface area contributed by atoms with Crippen molar-refractivity contribution in [3.63, 3.8) is 0 Å². The van der Waals surface area contributed by atoms with Gasteiger partial charge in [0.05, 0.1) is 18.2 Å². The maximum absolute atomic E-state index is 13.0. The average molecular weight is 374 g/mol. The van der Waals surface area contributed by atoms with E-state index >= 15 is 0 Å². The third kappa shape index (κ3) is 4.35. The average Bonchev–Trinajstić information content (AvgIpc) is 3.08. The number of hydrogen-bond acceptors (Lipinski definition) is 3. The second-order valence-corrected chi connectivity index (χ2v) is 7.62. The molecule has 1 atom stereocenters. The number of carbonyl (C=O) groups is 1. The number of benzene rings is 1. The molecule has 27 heavy (non-hydrogen) atoms. The van der Waals surface area contributed by atoms with Gasteiger partial charge in [0.15, 0.2) is 0 Å². The molecule has 1 aliphatic carbocycles. The highest BCUT2D eigenvalue weighted by Crippen LogP contribution is 2.37. The highest BCUT2D eigenvalue weighted by molar-refractivity contribution is 5.77. The molecule has 2 aromatic rings. The molecule has 1 aliphatic heterocycles. The van der Waals surface area contributed by atoms with Gasteiger partial charge in [-0.1, -0.05) is 30.3 Å². The van der Waals surface area contributed by atoms with Crippen molar-refractivity contribution in [3.8, 4) is 0 Å². The maximum Gasteiger partial charge on any atom is 0.252 e. The van der Waals surface area contributed by atoms with Gasteiger partial charge in [-0.3, -0.25) is 14.4 Å². The summed E-state index contributed by atoms with van der Waals surface area (Å²) in [5.74, 6) is -2.79. The van der Waals surface area contributed by atoms with Gasteiger partial charge in [0.2, 0.25) is 5.91 Å². The first-order valence-corrected chi connectivity index (χ1v) is 9.44. The number of nitrogens with zero attached hydrogens (tertiary/aromatic N) is 3. The molecule has 1 aromatic heterocycles. The number of rotatable bonds is 6. The van der Waals surface area contributed by atoms with Crippen molar-refractivity contribution in [3.05, 3.63) is 53.9 Å². The van der Waals surface area contributed by atoms with E-state index in [-0.39, 0.29) is 31.2 Å². The van der Waals surface area contributed by atoms with Crippen LogP contribution in [0, 0.1) is 0 Å². The molecule has 1 fully saturated rings. The molecule has 7 heteroatoms. The van der Waals surface area contributed by atoms with Gasteiger partial charge < -0.3 is 5.32 Å². The summed E-state index contributed by atoms with van der Waals surface area (Å²) in [5, 5.41) is 7.11. The van der Waals surface area contributed by atoms with Gasteiger partial charge in [-0.05, 0) is 18.1 Å². The SMILES string of the molecule is O=C(CC1CN(CCc2ccccc2)Cc2ccnn21)NC1CC(F)(F)C1. The first-order chi connectivity index (χ1) is 13.0. The molecule has 144 valence electrons. The van der Waals surface area contributed by atoms with E-state index in [4.69, 9.17) is 0 Å². The fourth-order valence-corrected chi connectivity index (χ4v) is 3.98. The van der Waals surface area contributed by atoms with Crippen LogP contribution in [-0.2, 0) is 17.8 Å². The number of fused-ring (bicyclic) bond motifs is 1. The lowest BCUT2D eigenvalue weighted by atomic mass is 9.88. The fraction of sp³-hybridized carbons (Fsp3) is 0.500. The van der Waals surface area contributed by atoms with Crippen molar-refractivity contribution in [1.82, 2.24) is 20.0 Å². The van der Waals surface area contributed by atoms with Gasteiger partial charge in [-0.25, -0.2) is 8.78 Å². The zero-order chi connectivity index (χ0) is 18.9. The zero-order valence-electron chi connectivity index (χ0n) is 15.2. The summed E-state index contributed by atoms with van der Waals surface area (Å²) in [6.07, 6.45) is 2.47. The molecule has 4 rings (SSSR count). The van der Waals surface area contributed by atoms with Gasteiger partial charge in [0.1, 0.15) is 0 Å². The van der Waals surface area contributed by atoms with Crippen LogP contribution in [0.5, 0.6) is 0 Å². The number of nitrogens with one attached hydrogen (secondary N) is 1. The van der Waals surface area contributed by atoms with E-state index in [0.29, 0.717) is 0 Å². The van der Waals surface area contributed by atoms with Crippen LogP contribution < -0.4 is 5.32 Å². The third-order valence-electron chi connectivity index (χ3n) is 5.39. The molecular formula is C20H24F2N4O. The Kier molecular flexibility index (Phi) is 4.95. The Morgan fingerprint density at radius 1 is 1.22 bits per heavy atom. The number of carbonyl (C=O) groups excluding carboxylic acids is 1. The molecule has 0 radical (unpaired) electrons. The van der Waals surface area contributed by atoms with Crippen molar-refractivity contribution in [2.24, 2.45) is 0 Å². The molecule has 0 spiro atoms. The molecule has 0 bridgehead atoms. The van der Waals surface area contributed by atoms with Crippen LogP contribution in [0.3, 0.4) is 0 Å². The lowest BCUT2D eigenvalue weighted by Gasteiger charge is -2.37. The van der Waals surface area contributed by atoms with Gasteiger partial charge in [0.25, 0.3) is 5.92 Å². The Hall–Kier alpha value is -2.28. The maximum atomic E-state index is 13.0. The summed E-state index contributed by atoms with van der Waals surface area (Å²) < 4.78 is 27.8. The Bertz CT molecular complexity index is 784. The lowest BCUT2D eigenvalue weighted by molar-refractivity contribution is -0.130. The number of amides is 1. The summed E-state index contributed by atoms with van der Waals surface area (Å²) in [4.78, 5) is 14.7. The summed E-state index contributed by atoms with van der Waals surface area (Å²) in [7, 11) is 0. The molecule has 2 heterocycles. The van der Waals surface area contributed by atoms with E-state index in [1.807, 2.05) is 28.9 Å². The summed E-state index contributed by atoms with van der Waals surface area (Å²) >= 11 is 0. The Labute approximate surface area is 157 Å². The molecule has 0 saturated heterocycles. The van der Waals surface area contributed by atoms with Crippen molar-refractivity contribution < 1.29 is 13.6 Å². The minimum atomic E-state index is -2.62. The van der Waals surface area contributed by atoms with Crippen LogP contribution in [0.4, 0.5) is 8.78 Å². The molecule has 2 aliphatic rings. The van der Waals surface area contributed by atoms with Crippen LogP contribution >= 0.6 is 0 Å². The highest BCUT2D eigenvalue weighted by atomic mass is 19.3. The molecule has 1 N–H and O–H groups in total. The van der Waals surface area contributed by atoms with Crippen molar-refractivity contribution in [2.45, 2.75) is 50.2 Å². The number of alkyl halides is 2. The second-order valence-electron chi connectivity index (χ2n) is 7.62. The van der Waals surface area contributed by atoms with Crippen LogP contribution in [0.25, 0.3) is 0 Å². The normalized spacial score (nSPS) is 22.1. The summed E-state index contributed by atoms with van der Waals surface area (Å²) in [5.41, 5.74) is 2.37. The van der Waals surface area contributed by atoms with E-state index in [9.17, 15) is 13.6 Å². The van der Waals surface area contributed by atoms with E-state index < -0.39 is 12.0 Å². The second kappa shape index (κ2) is 7.38. The van der Waals surface area contributed by atoms with Crippen LogP contribution in [0.15, 0.2) is 42.6 Å². The molecule has 1 amide bonds. The quantitative estimate of drug-likeness (QED) is 0.846. The van der Waals surface area contributed by atoms with E-state index in [0.717, 1.165) is 31.7 Å². The standard InChI is InChI=1S/C20H24F2N4O/c21-20(22)11-16(12-20)24-19(27)10-18-14-25(13-17-6-8-23-26(17)18)9-7-15-4-2-1-3-5-15/h1-6,8,16,18H,7,9-14H2,(H,24,27). The Morgan fingerprint density at radius 3 is 2.74 bits per heavy atom. The van der Waals surface area contributed by atoms with Gasteiger partial charge in [-0.2, -0.15) is 5.10 Å². The monoisotopic (exact) mass is 374 g/mol. The summed E-state index contributed by atoms with van der Waals surface area (Å²) in [6.45, 7) is 2.44. The fourth-order valence-electron chi connectivity index (χ4n) is 3.98. The van der Waals surface area contributed by atoms with Crippen LogP contribution in [-0.4, -0.2) is 45.6 Å². The smallest absolute Gasteiger partial charge is 0.252 e. The largest absolute Gasteiger partial charge is 0.353 e. The third-order valence-corrected chi connectivity index (χ3v) is 5.39. The summed E-state index contributed by atoms with van der Waals surface area (Å²) in [6, 6.07) is 11.8. The van der Waals surface area contributed by atoms with Crippen molar-refractivity contribution in [2.75, 3.05) is 13.1 Å². The van der Waals surface area contributed by atoms with Gasteiger partial charge >= 0.3 is 0 Å². The molecule has 5 nitrogen and oxygen atoms in total. The van der Waals surface area contributed by atoms with E-state index in [1.54, 1.807) is 6.20 Å². The minimum Gasteiger partial charge on any atom is -0.353 e. The van der Waals surface area contributed by atoms with Crippen LogP contribution in [0.1, 0.15) is 36.6 Å². The van der Waals surface area contributed by atoms with Gasteiger partial charge in [-0.15, -0.1) is 0 Å². The first kappa shape index (κ1) is 18.1. The predicted molar refractivity (Wildman–Crippen MR) is 97.4 cm³/mol. The number of halogens is 2. The predicted octanol–water partition coefficient (Wildman–Crippen LogP) is 2.79. The zero-order valence-corrected chi connectivity index (χ0v) is 15.2. The minimum absolute atomic E-state index is 0.0693. The topological polar surface area (TPSA) is 50.2 Å². The molecule has 1 saturated carbocycles. The highest BCUT2D eigenvalue weighted by Gasteiger charge is 2.46.